The predicted octanol–water partition coefficient (Wildman–Crippen LogP) is 6.85. The van der Waals surface area contributed by atoms with Gasteiger partial charge in [0.25, 0.3) is 0 Å². The molecule has 0 saturated heterocycles. The lowest BCUT2D eigenvalue weighted by Gasteiger charge is -2.27. The van der Waals surface area contributed by atoms with E-state index in [1.54, 1.807) is 25.5 Å². The summed E-state index contributed by atoms with van der Waals surface area (Å²) in [4.78, 5) is 10.9. The Balaban J connectivity index is 0.000000158. The van der Waals surface area contributed by atoms with Crippen LogP contribution in [-0.2, 0) is 9.53 Å². The third-order valence-corrected chi connectivity index (χ3v) is 8.12. The number of carbonyl (C=O) groups excluding carboxylic acids is 1. The molecule has 0 aromatic heterocycles. The Morgan fingerprint density at radius 2 is 1.46 bits per heavy atom. The first-order chi connectivity index (χ1) is 19.0. The number of fused-ring (bicyclic) bond motifs is 6. The van der Waals surface area contributed by atoms with E-state index >= 15 is 0 Å². The van der Waals surface area contributed by atoms with E-state index in [2.05, 4.69) is 0 Å². The molecule has 2 heterocycles. The van der Waals surface area contributed by atoms with Gasteiger partial charge in [0.2, 0.25) is 11.6 Å². The summed E-state index contributed by atoms with van der Waals surface area (Å²) in [6, 6.07) is 7.23. The monoisotopic (exact) mass is 542 g/mol. The molecule has 39 heavy (non-hydrogen) atoms. The maximum Gasteiger partial charge on any atom is 0.207 e. The maximum atomic E-state index is 14.4. The van der Waals surface area contributed by atoms with Gasteiger partial charge in [-0.15, -0.1) is 0 Å². The van der Waals surface area contributed by atoms with E-state index in [-0.39, 0.29) is 47.3 Å². The van der Waals surface area contributed by atoms with Crippen LogP contribution in [0.5, 0.6) is 23.0 Å². The highest BCUT2D eigenvalue weighted by molar-refractivity contribution is 5.55. The molecule has 210 valence electrons. The van der Waals surface area contributed by atoms with E-state index in [0.717, 1.165) is 49.5 Å². The lowest BCUT2D eigenvalue weighted by molar-refractivity contribution is -0.112. The number of benzene rings is 2. The summed E-state index contributed by atoms with van der Waals surface area (Å²) in [6.07, 6.45) is 7.92. The van der Waals surface area contributed by atoms with Gasteiger partial charge in [-0.05, 0) is 63.7 Å². The van der Waals surface area contributed by atoms with E-state index in [4.69, 9.17) is 23.7 Å². The van der Waals surface area contributed by atoms with E-state index in [1.807, 2.05) is 26.0 Å². The summed E-state index contributed by atoms with van der Waals surface area (Å²) >= 11 is 0. The Labute approximate surface area is 228 Å². The van der Waals surface area contributed by atoms with Crippen LogP contribution in [0.2, 0.25) is 0 Å². The van der Waals surface area contributed by atoms with E-state index in [9.17, 15) is 13.6 Å². The van der Waals surface area contributed by atoms with Crippen LogP contribution in [0.25, 0.3) is 0 Å². The first-order valence-corrected chi connectivity index (χ1v) is 13.9. The molecule has 0 amide bonds. The first kappa shape index (κ1) is 27.3. The highest BCUT2D eigenvalue weighted by Crippen LogP contribution is 2.50. The van der Waals surface area contributed by atoms with Crippen LogP contribution < -0.4 is 18.9 Å². The van der Waals surface area contributed by atoms with Crippen LogP contribution in [0.4, 0.5) is 8.78 Å². The van der Waals surface area contributed by atoms with Crippen LogP contribution >= 0.6 is 0 Å². The molecule has 2 aliphatic carbocycles. The maximum absolute atomic E-state index is 14.4. The second-order valence-corrected chi connectivity index (χ2v) is 10.4. The number of methoxy groups -OCH3 is 1. The number of carbonyl (C=O) groups is 1. The lowest BCUT2D eigenvalue weighted by atomic mass is 9.78. The molecular weight excluding hydrogens is 506 g/mol. The lowest BCUT2D eigenvalue weighted by Crippen LogP contribution is -2.28. The van der Waals surface area contributed by atoms with Crippen LogP contribution in [-0.4, -0.2) is 38.8 Å². The molecular formula is C31H36F2O6. The zero-order chi connectivity index (χ0) is 27.5. The van der Waals surface area contributed by atoms with Crippen molar-refractivity contribution >= 4 is 6.29 Å². The van der Waals surface area contributed by atoms with Crippen molar-refractivity contribution < 1.29 is 37.3 Å². The van der Waals surface area contributed by atoms with Crippen LogP contribution in [0, 0.1) is 17.6 Å². The third kappa shape index (κ3) is 5.30. The van der Waals surface area contributed by atoms with Gasteiger partial charge < -0.3 is 28.5 Å². The van der Waals surface area contributed by atoms with Crippen molar-refractivity contribution in [3.05, 3.63) is 58.9 Å². The van der Waals surface area contributed by atoms with Gasteiger partial charge in [-0.2, -0.15) is 8.78 Å². The SMILES string of the molecule is CCOc1ccc2c(c1F)OC1CC(=COC)CC[C@@H]21.CCOc1ccc2c(c1F)OC1CC(C=O)CC[C@@H]21. The zero-order valence-corrected chi connectivity index (χ0v) is 22.7. The molecule has 8 heteroatoms. The molecule has 5 atom stereocenters. The van der Waals surface area contributed by atoms with Gasteiger partial charge in [0.05, 0.1) is 26.6 Å². The standard InChI is InChI=1S/C16H19FO3.C15H17FO3/c1-3-19-13-7-6-12-11-5-4-10(9-18-2)8-14(11)20-16(12)15(13)17;1-2-18-12-6-5-11-10-4-3-9(8-17)7-13(10)19-15(11)14(12)16/h6-7,9,11,14H,3-5,8H2,1-2H3;5-6,8-10,13H,2-4,7H2,1H3/t11-,14?;9?,10-,13?/m00/s1. The van der Waals surface area contributed by atoms with Crippen LogP contribution in [0.15, 0.2) is 36.1 Å². The molecule has 4 aliphatic rings. The Bertz CT molecular complexity index is 1230. The Kier molecular flexibility index (Phi) is 8.29. The van der Waals surface area contributed by atoms with Crippen molar-refractivity contribution in [2.45, 2.75) is 76.4 Å². The predicted molar refractivity (Wildman–Crippen MR) is 142 cm³/mol. The fraction of sp³-hybridized carbons (Fsp3) is 0.516. The second-order valence-electron chi connectivity index (χ2n) is 10.4. The first-order valence-electron chi connectivity index (χ1n) is 13.9. The smallest absolute Gasteiger partial charge is 0.207 e. The molecule has 6 nitrogen and oxygen atoms in total. The molecule has 0 N–H and O–H groups in total. The fourth-order valence-corrected chi connectivity index (χ4v) is 6.32. The molecule has 2 saturated carbocycles. The average Bonchev–Trinajstić information content (AvgIpc) is 3.51. The van der Waals surface area contributed by atoms with Crippen molar-refractivity contribution in [2.75, 3.05) is 20.3 Å². The Hall–Kier alpha value is -3.29. The summed E-state index contributed by atoms with van der Waals surface area (Å²) < 4.78 is 55.8. The zero-order valence-electron chi connectivity index (χ0n) is 22.7. The van der Waals surface area contributed by atoms with Gasteiger partial charge in [0.1, 0.15) is 18.5 Å². The molecule has 2 aromatic rings. The van der Waals surface area contributed by atoms with Gasteiger partial charge in [0, 0.05) is 35.3 Å². The third-order valence-electron chi connectivity index (χ3n) is 8.12. The minimum Gasteiger partial charge on any atom is -0.504 e. The van der Waals surface area contributed by atoms with Gasteiger partial charge in [-0.1, -0.05) is 12.1 Å². The van der Waals surface area contributed by atoms with Crippen molar-refractivity contribution in [2.24, 2.45) is 5.92 Å². The minimum atomic E-state index is -0.406. The highest BCUT2D eigenvalue weighted by atomic mass is 19.1. The molecule has 0 radical (unpaired) electrons. The highest BCUT2D eigenvalue weighted by Gasteiger charge is 2.42. The topological polar surface area (TPSA) is 63.2 Å². The summed E-state index contributed by atoms with van der Waals surface area (Å²) in [6.45, 7) is 4.54. The second kappa shape index (κ2) is 11.8. The summed E-state index contributed by atoms with van der Waals surface area (Å²) in [5, 5.41) is 0. The number of aldehydes is 1. The number of ether oxygens (including phenoxy) is 5. The number of hydrogen-bond acceptors (Lipinski definition) is 6. The van der Waals surface area contributed by atoms with E-state index in [1.165, 1.54) is 5.57 Å². The normalized spacial score (nSPS) is 27.0. The summed E-state index contributed by atoms with van der Waals surface area (Å²) in [5.74, 6) is 1.000. The molecule has 2 fully saturated rings. The fourth-order valence-electron chi connectivity index (χ4n) is 6.32. The van der Waals surface area contributed by atoms with Gasteiger partial charge in [-0.3, -0.25) is 0 Å². The van der Waals surface area contributed by atoms with Gasteiger partial charge in [0.15, 0.2) is 23.0 Å². The van der Waals surface area contributed by atoms with Gasteiger partial charge in [-0.25, -0.2) is 0 Å². The number of hydrogen-bond donors (Lipinski definition) is 0. The quantitative estimate of drug-likeness (QED) is 0.294. The molecule has 0 bridgehead atoms. The average molecular weight is 543 g/mol. The van der Waals surface area contributed by atoms with Crippen molar-refractivity contribution in [3.63, 3.8) is 0 Å². The summed E-state index contributed by atoms with van der Waals surface area (Å²) in [5.41, 5.74) is 3.13. The minimum absolute atomic E-state index is 0.0199. The van der Waals surface area contributed by atoms with Crippen LogP contribution in [0.1, 0.15) is 75.3 Å². The molecule has 2 aromatic carbocycles. The largest absolute Gasteiger partial charge is 0.504 e. The van der Waals surface area contributed by atoms with E-state index in [0.29, 0.717) is 31.1 Å². The van der Waals surface area contributed by atoms with Crippen molar-refractivity contribution in [1.29, 1.82) is 0 Å². The summed E-state index contributed by atoms with van der Waals surface area (Å²) in [7, 11) is 1.65. The number of rotatable bonds is 6. The van der Waals surface area contributed by atoms with Crippen LogP contribution in [0.3, 0.4) is 0 Å². The Morgan fingerprint density at radius 3 is 2.03 bits per heavy atom. The molecule has 2 aliphatic heterocycles. The van der Waals surface area contributed by atoms with Crippen molar-refractivity contribution in [3.8, 4) is 23.0 Å². The van der Waals surface area contributed by atoms with Gasteiger partial charge >= 0.3 is 0 Å². The molecule has 3 unspecified atom stereocenters. The van der Waals surface area contributed by atoms with E-state index < -0.39 is 5.82 Å². The Morgan fingerprint density at radius 1 is 0.872 bits per heavy atom. The molecule has 0 spiro atoms. The van der Waals surface area contributed by atoms with Crippen molar-refractivity contribution in [1.82, 2.24) is 0 Å². The number of halogens is 2. The molecule has 6 rings (SSSR count).